The number of aromatic nitrogens is 4. The quantitative estimate of drug-likeness (QED) is 0.602. The molecule has 10 heteroatoms. The van der Waals surface area contributed by atoms with Gasteiger partial charge >= 0.3 is 0 Å². The van der Waals surface area contributed by atoms with Crippen LogP contribution in [0.5, 0.6) is 0 Å². The molecule has 5 rings (SSSR count). The predicted molar refractivity (Wildman–Crippen MR) is 132 cm³/mol. The standard InChI is InChI=1S/C24H33ClN8O/c1-2-3-9-18-10-6-11-20(30-22(34)17-12-27-28-13-17)23-32(18)15-29-33(23)24-26-14-19(25)21(31-24)16-7-4-5-8-16/h12-16,18,20,23H,2-11H2,1H3,(H,27,28)(H,30,34). The van der Waals surface area contributed by atoms with Gasteiger partial charge in [-0.05, 0) is 38.5 Å². The molecule has 0 spiro atoms. The summed E-state index contributed by atoms with van der Waals surface area (Å²) in [6.45, 7) is 2.22. The van der Waals surface area contributed by atoms with Gasteiger partial charge in [0.25, 0.3) is 5.91 Å². The third kappa shape index (κ3) is 4.62. The number of nitrogens with one attached hydrogen (secondary N) is 2. The molecule has 2 aliphatic heterocycles. The van der Waals surface area contributed by atoms with Crippen LogP contribution in [0.25, 0.3) is 0 Å². The molecule has 1 amide bonds. The molecule has 1 saturated heterocycles. The zero-order valence-electron chi connectivity index (χ0n) is 19.7. The van der Waals surface area contributed by atoms with E-state index in [0.717, 1.165) is 57.1 Å². The minimum Gasteiger partial charge on any atom is -0.345 e. The Morgan fingerprint density at radius 1 is 1.21 bits per heavy atom. The van der Waals surface area contributed by atoms with E-state index in [2.05, 4.69) is 32.3 Å². The number of nitrogens with zero attached hydrogens (tertiary/aromatic N) is 6. The number of fused-ring (bicyclic) bond motifs is 1. The van der Waals surface area contributed by atoms with Crippen LogP contribution in [-0.2, 0) is 0 Å². The number of rotatable bonds is 7. The zero-order chi connectivity index (χ0) is 23.5. The van der Waals surface area contributed by atoms with Gasteiger partial charge in [0.15, 0.2) is 0 Å². The SMILES string of the molecule is CCCCC1CCCC(NC(=O)c2cn[nH]c2)C2N(c3ncc(Cl)c(C4CCCC4)n3)N=CN12. The number of carbonyl (C=O) groups is 1. The highest BCUT2D eigenvalue weighted by Crippen LogP contribution is 2.38. The number of halogens is 1. The monoisotopic (exact) mass is 484 g/mol. The van der Waals surface area contributed by atoms with E-state index in [1.165, 1.54) is 12.8 Å². The number of anilines is 1. The van der Waals surface area contributed by atoms with Crippen molar-refractivity contribution >= 4 is 29.8 Å². The fourth-order valence-corrected chi connectivity index (χ4v) is 5.83. The Hall–Kier alpha value is -2.68. The molecule has 1 saturated carbocycles. The number of carbonyl (C=O) groups excluding carboxylic acids is 1. The zero-order valence-corrected chi connectivity index (χ0v) is 20.4. The van der Waals surface area contributed by atoms with Gasteiger partial charge in [-0.25, -0.2) is 15.0 Å². The average molecular weight is 485 g/mol. The van der Waals surface area contributed by atoms with E-state index in [1.54, 1.807) is 18.6 Å². The first-order valence-corrected chi connectivity index (χ1v) is 13.0. The van der Waals surface area contributed by atoms with Gasteiger partial charge in [-0.1, -0.05) is 44.2 Å². The van der Waals surface area contributed by atoms with Crippen molar-refractivity contribution in [2.75, 3.05) is 5.01 Å². The van der Waals surface area contributed by atoms with Crippen molar-refractivity contribution in [2.24, 2.45) is 5.10 Å². The molecule has 0 radical (unpaired) electrons. The number of aromatic amines is 1. The molecule has 2 N–H and O–H groups in total. The normalized spacial score (nSPS) is 24.9. The van der Waals surface area contributed by atoms with Gasteiger partial charge in [0.05, 0.1) is 34.7 Å². The molecule has 0 aromatic carbocycles. The summed E-state index contributed by atoms with van der Waals surface area (Å²) in [4.78, 5) is 24.8. The van der Waals surface area contributed by atoms with Gasteiger partial charge in [-0.2, -0.15) is 10.2 Å². The largest absolute Gasteiger partial charge is 0.345 e. The summed E-state index contributed by atoms with van der Waals surface area (Å²) in [5.74, 6) is 0.787. The van der Waals surface area contributed by atoms with E-state index < -0.39 is 0 Å². The van der Waals surface area contributed by atoms with Crippen LogP contribution in [-0.4, -0.2) is 55.6 Å². The first-order valence-electron chi connectivity index (χ1n) is 12.6. The molecule has 34 heavy (non-hydrogen) atoms. The van der Waals surface area contributed by atoms with Crippen molar-refractivity contribution in [3.05, 3.63) is 34.9 Å². The highest BCUT2D eigenvalue weighted by Gasteiger charge is 2.43. The van der Waals surface area contributed by atoms with Crippen LogP contribution in [0.4, 0.5) is 5.95 Å². The van der Waals surface area contributed by atoms with Gasteiger partial charge in [0, 0.05) is 18.2 Å². The topological polar surface area (TPSA) is 102 Å². The van der Waals surface area contributed by atoms with Crippen LogP contribution in [0.2, 0.25) is 5.02 Å². The smallest absolute Gasteiger partial charge is 0.254 e. The third-order valence-corrected chi connectivity index (χ3v) is 7.66. The lowest BCUT2D eigenvalue weighted by atomic mass is 10.0. The van der Waals surface area contributed by atoms with Crippen LogP contribution in [0.1, 0.15) is 93.1 Å². The maximum Gasteiger partial charge on any atom is 0.254 e. The maximum atomic E-state index is 12.9. The minimum atomic E-state index is -0.183. The molecule has 182 valence electrons. The van der Waals surface area contributed by atoms with Gasteiger partial charge in [-0.15, -0.1) is 0 Å². The average Bonchev–Trinajstić information content (AvgIpc) is 3.61. The first kappa shape index (κ1) is 23.1. The van der Waals surface area contributed by atoms with Gasteiger partial charge in [0.1, 0.15) is 12.5 Å². The molecule has 3 unspecified atom stereocenters. The summed E-state index contributed by atoms with van der Waals surface area (Å²) in [5, 5.41) is 17.2. The Labute approximate surface area is 205 Å². The summed E-state index contributed by atoms with van der Waals surface area (Å²) in [5.41, 5.74) is 1.45. The summed E-state index contributed by atoms with van der Waals surface area (Å²) in [7, 11) is 0. The second-order valence-electron chi connectivity index (χ2n) is 9.61. The molecule has 4 heterocycles. The van der Waals surface area contributed by atoms with Crippen molar-refractivity contribution in [3.63, 3.8) is 0 Å². The summed E-state index contributed by atoms with van der Waals surface area (Å²) < 4.78 is 0. The van der Waals surface area contributed by atoms with Gasteiger partial charge in [0.2, 0.25) is 5.95 Å². The number of H-pyrrole nitrogens is 1. The number of hydrogen-bond acceptors (Lipinski definition) is 7. The van der Waals surface area contributed by atoms with Gasteiger partial charge < -0.3 is 10.2 Å². The van der Waals surface area contributed by atoms with E-state index >= 15 is 0 Å². The second-order valence-corrected chi connectivity index (χ2v) is 10.0. The minimum absolute atomic E-state index is 0.134. The van der Waals surface area contributed by atoms with E-state index in [-0.39, 0.29) is 18.1 Å². The molecule has 2 aromatic heterocycles. The Morgan fingerprint density at radius 3 is 2.82 bits per heavy atom. The van der Waals surface area contributed by atoms with Crippen molar-refractivity contribution < 1.29 is 4.79 Å². The Bertz CT molecular complexity index is 1010. The predicted octanol–water partition coefficient (Wildman–Crippen LogP) is 4.44. The fraction of sp³-hybridized carbons (Fsp3) is 0.625. The molecule has 2 aromatic rings. The highest BCUT2D eigenvalue weighted by atomic mass is 35.5. The summed E-state index contributed by atoms with van der Waals surface area (Å²) in [6, 6.07) is 0.238. The molecule has 2 fully saturated rings. The Morgan fingerprint density at radius 2 is 2.06 bits per heavy atom. The lowest BCUT2D eigenvalue weighted by molar-refractivity contribution is 0.0911. The first-order chi connectivity index (χ1) is 16.7. The molecule has 9 nitrogen and oxygen atoms in total. The molecular formula is C24H33ClN8O. The van der Waals surface area contributed by atoms with E-state index in [1.807, 2.05) is 11.3 Å². The number of amides is 1. The van der Waals surface area contributed by atoms with E-state index in [4.69, 9.17) is 21.7 Å². The highest BCUT2D eigenvalue weighted by molar-refractivity contribution is 6.31. The summed E-state index contributed by atoms with van der Waals surface area (Å²) in [6.07, 6.45) is 17.6. The lowest BCUT2D eigenvalue weighted by Crippen LogP contribution is -2.56. The molecule has 3 aliphatic rings. The molecule has 0 bridgehead atoms. The molecule has 1 aliphatic carbocycles. The van der Waals surface area contributed by atoms with Crippen molar-refractivity contribution in [3.8, 4) is 0 Å². The number of unbranched alkanes of at least 4 members (excludes halogenated alkanes) is 1. The Balaban J connectivity index is 1.45. The van der Waals surface area contributed by atoms with Crippen LogP contribution < -0.4 is 10.3 Å². The maximum absolute atomic E-state index is 12.9. The van der Waals surface area contributed by atoms with Crippen LogP contribution in [0.3, 0.4) is 0 Å². The van der Waals surface area contributed by atoms with Crippen molar-refractivity contribution in [1.29, 1.82) is 0 Å². The van der Waals surface area contributed by atoms with Crippen LogP contribution >= 0.6 is 11.6 Å². The molecular weight excluding hydrogens is 452 g/mol. The lowest BCUT2D eigenvalue weighted by Gasteiger charge is -2.37. The second kappa shape index (κ2) is 10.3. The van der Waals surface area contributed by atoms with Crippen LogP contribution in [0.15, 0.2) is 23.7 Å². The number of hydrogen-bond donors (Lipinski definition) is 2. The van der Waals surface area contributed by atoms with E-state index in [9.17, 15) is 4.79 Å². The summed E-state index contributed by atoms with van der Waals surface area (Å²) >= 11 is 6.52. The van der Waals surface area contributed by atoms with Crippen molar-refractivity contribution in [2.45, 2.75) is 95.3 Å². The van der Waals surface area contributed by atoms with Crippen LogP contribution in [0, 0.1) is 0 Å². The van der Waals surface area contributed by atoms with Crippen molar-refractivity contribution in [1.82, 2.24) is 30.4 Å². The van der Waals surface area contributed by atoms with Gasteiger partial charge in [-0.3, -0.25) is 9.89 Å². The third-order valence-electron chi connectivity index (χ3n) is 7.37. The number of hydrazone groups is 1. The Kier molecular flexibility index (Phi) is 6.99. The van der Waals surface area contributed by atoms with E-state index in [0.29, 0.717) is 28.5 Å². The fourth-order valence-electron chi connectivity index (χ4n) is 5.58. The molecule has 3 atom stereocenters.